The predicted octanol–water partition coefficient (Wildman–Crippen LogP) is 6.99. The Kier molecular flexibility index (Phi) is 7.28. The third-order valence-corrected chi connectivity index (χ3v) is 6.52. The molecule has 6 nitrogen and oxygen atoms in total. The summed E-state index contributed by atoms with van der Waals surface area (Å²) >= 11 is 24.5. The first-order chi connectivity index (χ1) is 16.3. The SMILES string of the molecule is COc1ccccc1-n1c(-c2ccc(Cl)cc2Cl)nn(CC(=O)Nc2cccc(Cl)c2C)c1=S. The van der Waals surface area contributed by atoms with Crippen molar-refractivity contribution in [2.24, 2.45) is 0 Å². The minimum absolute atomic E-state index is 0.120. The van der Waals surface area contributed by atoms with E-state index >= 15 is 0 Å². The molecule has 4 aromatic rings. The fraction of sp³-hybridized carbons (Fsp3) is 0.125. The van der Waals surface area contributed by atoms with Gasteiger partial charge in [0.25, 0.3) is 0 Å². The van der Waals surface area contributed by atoms with Crippen molar-refractivity contribution >= 4 is 58.6 Å². The highest BCUT2D eigenvalue weighted by atomic mass is 35.5. The predicted molar refractivity (Wildman–Crippen MR) is 139 cm³/mol. The monoisotopic (exact) mass is 532 g/mol. The zero-order valence-corrected chi connectivity index (χ0v) is 21.3. The van der Waals surface area contributed by atoms with Crippen LogP contribution in [0.15, 0.2) is 60.7 Å². The van der Waals surface area contributed by atoms with Gasteiger partial charge in [-0.3, -0.25) is 9.36 Å². The van der Waals surface area contributed by atoms with Gasteiger partial charge >= 0.3 is 0 Å². The number of aromatic nitrogens is 3. The molecule has 174 valence electrons. The Morgan fingerprint density at radius 3 is 2.56 bits per heavy atom. The number of para-hydroxylation sites is 2. The van der Waals surface area contributed by atoms with Gasteiger partial charge in [-0.25, -0.2) is 4.68 Å². The average Bonchev–Trinajstić information content (AvgIpc) is 3.12. The molecule has 0 atom stereocenters. The smallest absolute Gasteiger partial charge is 0.246 e. The van der Waals surface area contributed by atoms with Gasteiger partial charge in [-0.05, 0) is 67.2 Å². The largest absolute Gasteiger partial charge is 0.495 e. The minimum Gasteiger partial charge on any atom is -0.495 e. The Bertz CT molecular complexity index is 1450. The maximum atomic E-state index is 12.9. The van der Waals surface area contributed by atoms with E-state index < -0.39 is 0 Å². The number of nitrogens with one attached hydrogen (secondary N) is 1. The standard InChI is InChI=1S/C24H19Cl3N4O2S/c1-14-17(26)6-5-7-19(14)28-22(32)13-30-24(34)31(20-8-3-4-9-21(20)33-2)23(29-30)16-11-10-15(25)12-18(16)27/h3-12H,13H2,1-2H3,(H,28,32). The molecule has 0 fully saturated rings. The van der Waals surface area contributed by atoms with Crippen molar-refractivity contribution in [2.75, 3.05) is 12.4 Å². The molecule has 1 heterocycles. The molecule has 34 heavy (non-hydrogen) atoms. The van der Waals surface area contributed by atoms with Gasteiger partial charge in [-0.2, -0.15) is 5.10 Å². The number of ether oxygens (including phenoxy) is 1. The number of benzene rings is 3. The summed E-state index contributed by atoms with van der Waals surface area (Å²) in [6, 6.07) is 17.8. The van der Waals surface area contributed by atoms with E-state index in [0.29, 0.717) is 48.4 Å². The van der Waals surface area contributed by atoms with Crippen LogP contribution in [0.1, 0.15) is 5.56 Å². The number of carbonyl (C=O) groups excluding carboxylic acids is 1. The lowest BCUT2D eigenvalue weighted by atomic mass is 10.2. The molecule has 0 spiro atoms. The van der Waals surface area contributed by atoms with Crippen LogP contribution in [0.5, 0.6) is 5.75 Å². The number of carbonyl (C=O) groups is 1. The molecule has 0 radical (unpaired) electrons. The molecular weight excluding hydrogens is 515 g/mol. The molecule has 0 bridgehead atoms. The summed E-state index contributed by atoms with van der Waals surface area (Å²) in [6.07, 6.45) is 0. The Morgan fingerprint density at radius 2 is 1.82 bits per heavy atom. The van der Waals surface area contributed by atoms with Crippen LogP contribution in [-0.2, 0) is 11.3 Å². The van der Waals surface area contributed by atoms with E-state index in [0.717, 1.165) is 5.56 Å². The lowest BCUT2D eigenvalue weighted by Crippen LogP contribution is -2.20. The Morgan fingerprint density at radius 1 is 1.06 bits per heavy atom. The molecule has 0 aliphatic heterocycles. The van der Waals surface area contributed by atoms with E-state index in [-0.39, 0.29) is 12.5 Å². The molecule has 4 rings (SSSR count). The van der Waals surface area contributed by atoms with Crippen LogP contribution in [0.4, 0.5) is 5.69 Å². The number of anilines is 1. The maximum absolute atomic E-state index is 12.9. The molecule has 1 aromatic heterocycles. The highest BCUT2D eigenvalue weighted by Crippen LogP contribution is 2.33. The number of hydrogen-bond acceptors (Lipinski definition) is 4. The van der Waals surface area contributed by atoms with E-state index in [1.165, 1.54) is 4.68 Å². The van der Waals surface area contributed by atoms with Crippen molar-refractivity contribution in [3.05, 3.63) is 86.1 Å². The van der Waals surface area contributed by atoms with Crippen molar-refractivity contribution in [2.45, 2.75) is 13.5 Å². The van der Waals surface area contributed by atoms with Gasteiger partial charge in [0.05, 0.1) is 17.8 Å². The van der Waals surface area contributed by atoms with Crippen molar-refractivity contribution in [3.63, 3.8) is 0 Å². The van der Waals surface area contributed by atoms with Crippen LogP contribution >= 0.6 is 47.0 Å². The van der Waals surface area contributed by atoms with Gasteiger partial charge in [0, 0.05) is 21.3 Å². The number of nitrogens with zero attached hydrogens (tertiary/aromatic N) is 3. The summed E-state index contributed by atoms with van der Waals surface area (Å²) in [5, 5.41) is 8.97. The number of methoxy groups -OCH3 is 1. The maximum Gasteiger partial charge on any atom is 0.246 e. The first-order valence-electron chi connectivity index (χ1n) is 10.1. The Balaban J connectivity index is 1.80. The summed E-state index contributed by atoms with van der Waals surface area (Å²) in [5.41, 5.74) is 2.66. The van der Waals surface area contributed by atoms with Crippen LogP contribution in [0.2, 0.25) is 15.1 Å². The molecule has 1 N–H and O–H groups in total. The van der Waals surface area contributed by atoms with Gasteiger partial charge in [-0.1, -0.05) is 53.0 Å². The third-order valence-electron chi connectivity index (χ3n) is 5.17. The van der Waals surface area contributed by atoms with Crippen molar-refractivity contribution in [1.29, 1.82) is 0 Å². The van der Waals surface area contributed by atoms with E-state index in [1.54, 1.807) is 48.1 Å². The van der Waals surface area contributed by atoms with Crippen molar-refractivity contribution in [3.8, 4) is 22.8 Å². The second kappa shape index (κ2) is 10.2. The van der Waals surface area contributed by atoms with Gasteiger partial charge < -0.3 is 10.1 Å². The van der Waals surface area contributed by atoms with E-state index in [2.05, 4.69) is 10.4 Å². The number of hydrogen-bond donors (Lipinski definition) is 1. The zero-order chi connectivity index (χ0) is 24.4. The fourth-order valence-corrected chi connectivity index (χ4v) is 4.41. The summed E-state index contributed by atoms with van der Waals surface area (Å²) in [4.78, 5) is 12.9. The first-order valence-corrected chi connectivity index (χ1v) is 11.7. The molecule has 0 saturated carbocycles. The van der Waals surface area contributed by atoms with Crippen LogP contribution in [-0.4, -0.2) is 27.4 Å². The van der Waals surface area contributed by atoms with Gasteiger partial charge in [-0.15, -0.1) is 0 Å². The molecule has 0 saturated heterocycles. The van der Waals surface area contributed by atoms with Crippen LogP contribution < -0.4 is 10.1 Å². The molecule has 10 heteroatoms. The highest BCUT2D eigenvalue weighted by Gasteiger charge is 2.21. The third kappa shape index (κ3) is 4.83. The summed E-state index contributed by atoms with van der Waals surface area (Å²) in [5.74, 6) is 0.728. The van der Waals surface area contributed by atoms with Gasteiger partial charge in [0.1, 0.15) is 12.3 Å². The lowest BCUT2D eigenvalue weighted by Gasteiger charge is -2.12. The lowest BCUT2D eigenvalue weighted by molar-refractivity contribution is -0.116. The number of amides is 1. The molecule has 0 unspecified atom stereocenters. The van der Waals surface area contributed by atoms with E-state index in [4.69, 9.17) is 51.8 Å². The van der Waals surface area contributed by atoms with Crippen LogP contribution in [0.3, 0.4) is 0 Å². The quantitative estimate of drug-likeness (QED) is 0.271. The second-order valence-corrected chi connectivity index (χ2v) is 8.97. The first kappa shape index (κ1) is 24.3. The minimum atomic E-state index is -0.306. The fourth-order valence-electron chi connectivity index (χ4n) is 3.46. The Labute approximate surface area is 216 Å². The molecule has 1 amide bonds. The topological polar surface area (TPSA) is 61.1 Å². The second-order valence-electron chi connectivity index (χ2n) is 7.36. The normalized spacial score (nSPS) is 10.9. The molecule has 0 aliphatic carbocycles. The summed E-state index contributed by atoms with van der Waals surface area (Å²) in [6.45, 7) is 1.71. The van der Waals surface area contributed by atoms with Crippen molar-refractivity contribution in [1.82, 2.24) is 14.3 Å². The molecular formula is C24H19Cl3N4O2S. The van der Waals surface area contributed by atoms with E-state index in [1.807, 2.05) is 31.2 Å². The van der Waals surface area contributed by atoms with Gasteiger partial charge in [0.15, 0.2) is 5.82 Å². The summed E-state index contributed by atoms with van der Waals surface area (Å²) in [7, 11) is 1.57. The van der Waals surface area contributed by atoms with Crippen LogP contribution in [0.25, 0.3) is 17.1 Å². The zero-order valence-electron chi connectivity index (χ0n) is 18.2. The van der Waals surface area contributed by atoms with Gasteiger partial charge in [0.2, 0.25) is 10.7 Å². The number of halogens is 3. The van der Waals surface area contributed by atoms with E-state index in [9.17, 15) is 4.79 Å². The number of rotatable bonds is 6. The summed E-state index contributed by atoms with van der Waals surface area (Å²) < 4.78 is 9.00. The molecule has 0 aliphatic rings. The molecule has 3 aromatic carbocycles. The van der Waals surface area contributed by atoms with Crippen LogP contribution in [0, 0.1) is 11.7 Å². The average molecular weight is 534 g/mol. The highest BCUT2D eigenvalue weighted by molar-refractivity contribution is 7.71. The van der Waals surface area contributed by atoms with Crippen molar-refractivity contribution < 1.29 is 9.53 Å². The Hall–Kier alpha value is -2.84.